The van der Waals surface area contributed by atoms with Crippen molar-refractivity contribution in [1.82, 2.24) is 16.2 Å². The van der Waals surface area contributed by atoms with E-state index in [-0.39, 0.29) is 11.9 Å². The largest absolute Gasteiger partial charge is 0.333 e. The highest BCUT2D eigenvalue weighted by molar-refractivity contribution is 9.10. The molecule has 2 rings (SSSR count). The van der Waals surface area contributed by atoms with Gasteiger partial charge in [0.25, 0.3) is 5.91 Å². The van der Waals surface area contributed by atoms with E-state index in [4.69, 9.17) is 0 Å². The maximum absolute atomic E-state index is 11.8. The molecule has 0 aromatic heterocycles. The molecule has 2 aromatic rings. The first-order chi connectivity index (χ1) is 10.6. The predicted octanol–water partition coefficient (Wildman–Crippen LogP) is 3.15. The van der Waals surface area contributed by atoms with Crippen LogP contribution >= 0.6 is 15.9 Å². The number of urea groups is 1. The van der Waals surface area contributed by atoms with Crippen LogP contribution in [-0.2, 0) is 0 Å². The Morgan fingerprint density at radius 2 is 1.59 bits per heavy atom. The number of carbonyl (C=O) groups is 2. The Hall–Kier alpha value is -2.34. The van der Waals surface area contributed by atoms with Crippen LogP contribution in [-0.4, -0.2) is 11.9 Å². The monoisotopic (exact) mass is 361 g/mol. The van der Waals surface area contributed by atoms with Gasteiger partial charge in [0.05, 0.1) is 6.04 Å². The molecule has 0 bridgehead atoms. The third-order valence-electron chi connectivity index (χ3n) is 3.04. The summed E-state index contributed by atoms with van der Waals surface area (Å²) in [6.45, 7) is 1.86. The average molecular weight is 362 g/mol. The molecule has 0 aliphatic heterocycles. The fraction of sp³-hybridized carbons (Fsp3) is 0.125. The molecule has 0 radical (unpaired) electrons. The second-order valence-electron chi connectivity index (χ2n) is 4.66. The van der Waals surface area contributed by atoms with Crippen molar-refractivity contribution in [2.75, 3.05) is 0 Å². The molecule has 1 atom stereocenters. The smallest absolute Gasteiger partial charge is 0.330 e. The quantitative estimate of drug-likeness (QED) is 0.734. The molecule has 22 heavy (non-hydrogen) atoms. The highest BCUT2D eigenvalue weighted by Crippen LogP contribution is 2.22. The summed E-state index contributed by atoms with van der Waals surface area (Å²) in [7, 11) is 0. The number of amides is 3. The summed E-state index contributed by atoms with van der Waals surface area (Å²) in [6.07, 6.45) is 0. The second-order valence-corrected chi connectivity index (χ2v) is 5.52. The van der Waals surface area contributed by atoms with Gasteiger partial charge in [0, 0.05) is 10.0 Å². The molecular weight excluding hydrogens is 346 g/mol. The molecule has 0 unspecified atom stereocenters. The van der Waals surface area contributed by atoms with Gasteiger partial charge in [-0.3, -0.25) is 10.2 Å². The van der Waals surface area contributed by atoms with Crippen LogP contribution in [0.5, 0.6) is 0 Å². The summed E-state index contributed by atoms with van der Waals surface area (Å²) < 4.78 is 0.913. The van der Waals surface area contributed by atoms with Crippen LogP contribution in [0.25, 0.3) is 0 Å². The number of halogens is 1. The minimum atomic E-state index is -0.479. The lowest BCUT2D eigenvalue weighted by molar-refractivity contribution is 0.0936. The van der Waals surface area contributed by atoms with E-state index >= 15 is 0 Å². The second kappa shape index (κ2) is 7.61. The maximum atomic E-state index is 11.8. The molecule has 6 heteroatoms. The van der Waals surface area contributed by atoms with Crippen LogP contribution < -0.4 is 16.2 Å². The van der Waals surface area contributed by atoms with E-state index in [1.165, 1.54) is 0 Å². The molecule has 0 aliphatic rings. The van der Waals surface area contributed by atoms with E-state index < -0.39 is 6.03 Å². The van der Waals surface area contributed by atoms with Crippen LogP contribution in [0.15, 0.2) is 59.1 Å². The van der Waals surface area contributed by atoms with Crippen LogP contribution in [0.1, 0.15) is 28.9 Å². The molecule has 2 aromatic carbocycles. The third-order valence-corrected chi connectivity index (χ3v) is 3.77. The van der Waals surface area contributed by atoms with Gasteiger partial charge < -0.3 is 5.32 Å². The van der Waals surface area contributed by atoms with Crippen molar-refractivity contribution >= 4 is 27.9 Å². The first kappa shape index (κ1) is 16.0. The SMILES string of the molecule is C[C@@H](NC(=O)NNC(=O)c1ccccc1)c1ccccc1Br. The van der Waals surface area contributed by atoms with Crippen molar-refractivity contribution < 1.29 is 9.59 Å². The first-order valence-corrected chi connectivity index (χ1v) is 7.53. The number of hydrogen-bond acceptors (Lipinski definition) is 2. The van der Waals surface area contributed by atoms with E-state index in [2.05, 4.69) is 32.1 Å². The lowest BCUT2D eigenvalue weighted by Crippen LogP contribution is -2.47. The average Bonchev–Trinajstić information content (AvgIpc) is 2.53. The lowest BCUT2D eigenvalue weighted by atomic mass is 10.1. The molecule has 3 N–H and O–H groups in total. The molecule has 0 spiro atoms. The van der Waals surface area contributed by atoms with Crippen molar-refractivity contribution in [3.8, 4) is 0 Å². The normalized spacial score (nSPS) is 11.4. The Kier molecular flexibility index (Phi) is 5.55. The zero-order valence-electron chi connectivity index (χ0n) is 12.0. The minimum absolute atomic E-state index is 0.204. The van der Waals surface area contributed by atoms with Crippen molar-refractivity contribution in [3.63, 3.8) is 0 Å². The minimum Gasteiger partial charge on any atom is -0.330 e. The van der Waals surface area contributed by atoms with E-state index in [0.29, 0.717) is 5.56 Å². The number of carbonyl (C=O) groups excluding carboxylic acids is 2. The summed E-state index contributed by atoms with van der Waals surface area (Å²) in [5.41, 5.74) is 6.12. The van der Waals surface area contributed by atoms with Crippen molar-refractivity contribution in [1.29, 1.82) is 0 Å². The van der Waals surface area contributed by atoms with Crippen molar-refractivity contribution in [3.05, 3.63) is 70.2 Å². The van der Waals surface area contributed by atoms with Gasteiger partial charge in [0.1, 0.15) is 0 Å². The van der Waals surface area contributed by atoms with Crippen molar-refractivity contribution in [2.24, 2.45) is 0 Å². The Morgan fingerprint density at radius 3 is 2.27 bits per heavy atom. The van der Waals surface area contributed by atoms with Gasteiger partial charge in [-0.05, 0) is 30.7 Å². The summed E-state index contributed by atoms with van der Waals surface area (Å²) >= 11 is 3.44. The fourth-order valence-corrected chi connectivity index (χ4v) is 2.54. The van der Waals surface area contributed by atoms with Gasteiger partial charge in [-0.25, -0.2) is 10.2 Å². The highest BCUT2D eigenvalue weighted by atomic mass is 79.9. The fourth-order valence-electron chi connectivity index (χ4n) is 1.91. The summed E-state index contributed by atoms with van der Waals surface area (Å²) in [6, 6.07) is 15.6. The third kappa shape index (κ3) is 4.33. The Morgan fingerprint density at radius 1 is 0.955 bits per heavy atom. The molecular formula is C16H16BrN3O2. The summed E-state index contributed by atoms with van der Waals surface area (Å²) in [5, 5.41) is 2.75. The van der Waals surface area contributed by atoms with Gasteiger partial charge in [-0.1, -0.05) is 52.3 Å². The van der Waals surface area contributed by atoms with E-state index in [1.54, 1.807) is 24.3 Å². The summed E-state index contributed by atoms with van der Waals surface area (Å²) in [4.78, 5) is 23.6. The highest BCUT2D eigenvalue weighted by Gasteiger charge is 2.12. The van der Waals surface area contributed by atoms with Gasteiger partial charge in [0.2, 0.25) is 0 Å². The number of nitrogens with one attached hydrogen (secondary N) is 3. The van der Waals surface area contributed by atoms with Gasteiger partial charge in [-0.2, -0.15) is 0 Å². The molecule has 3 amide bonds. The van der Waals surface area contributed by atoms with Crippen LogP contribution in [0.2, 0.25) is 0 Å². The molecule has 0 aliphatic carbocycles. The molecule has 114 valence electrons. The number of benzene rings is 2. The first-order valence-electron chi connectivity index (χ1n) is 6.74. The standard InChI is InChI=1S/C16H16BrN3O2/c1-11(13-9-5-6-10-14(13)17)18-16(22)20-19-15(21)12-7-3-2-4-8-12/h2-11H,1H3,(H,19,21)(H2,18,20,22)/t11-/m1/s1. The Bertz CT molecular complexity index is 661. The van der Waals surface area contributed by atoms with E-state index in [9.17, 15) is 9.59 Å². The van der Waals surface area contributed by atoms with Crippen molar-refractivity contribution in [2.45, 2.75) is 13.0 Å². The number of rotatable bonds is 3. The molecule has 0 saturated heterocycles. The Labute approximate surface area is 137 Å². The topological polar surface area (TPSA) is 70.2 Å². The number of hydrazine groups is 1. The van der Waals surface area contributed by atoms with Crippen LogP contribution in [0.3, 0.4) is 0 Å². The number of hydrogen-bond donors (Lipinski definition) is 3. The summed E-state index contributed by atoms with van der Waals surface area (Å²) in [5.74, 6) is -0.371. The lowest BCUT2D eigenvalue weighted by Gasteiger charge is -2.16. The molecule has 0 saturated carbocycles. The van der Waals surface area contributed by atoms with Crippen LogP contribution in [0.4, 0.5) is 4.79 Å². The van der Waals surface area contributed by atoms with Gasteiger partial charge in [0.15, 0.2) is 0 Å². The molecule has 0 heterocycles. The molecule has 5 nitrogen and oxygen atoms in total. The molecule has 0 fully saturated rings. The predicted molar refractivity (Wildman–Crippen MR) is 88.1 cm³/mol. The Balaban J connectivity index is 1.86. The maximum Gasteiger partial charge on any atom is 0.333 e. The van der Waals surface area contributed by atoms with Gasteiger partial charge >= 0.3 is 6.03 Å². The van der Waals surface area contributed by atoms with Crippen LogP contribution in [0, 0.1) is 0 Å². The zero-order chi connectivity index (χ0) is 15.9. The van der Waals surface area contributed by atoms with E-state index in [1.807, 2.05) is 37.3 Å². The zero-order valence-corrected chi connectivity index (χ0v) is 13.6. The van der Waals surface area contributed by atoms with E-state index in [0.717, 1.165) is 10.0 Å². The van der Waals surface area contributed by atoms with Gasteiger partial charge in [-0.15, -0.1) is 0 Å².